The number of rotatable bonds is 4. The van der Waals surface area contributed by atoms with E-state index < -0.39 is 53.4 Å². The predicted molar refractivity (Wildman–Crippen MR) is 47.2 cm³/mol. The second-order valence-corrected chi connectivity index (χ2v) is 3.30. The summed E-state index contributed by atoms with van der Waals surface area (Å²) in [6.07, 6.45) is -22.4. The van der Waals surface area contributed by atoms with Crippen molar-refractivity contribution in [3.8, 4) is 0 Å². The molecule has 0 atom stereocenters. The van der Waals surface area contributed by atoms with Gasteiger partial charge in [0.2, 0.25) is 0 Å². The van der Waals surface area contributed by atoms with Crippen LogP contribution in [0.5, 0.6) is 0 Å². The van der Waals surface area contributed by atoms with Crippen molar-refractivity contribution in [2.24, 2.45) is 0 Å². The SMILES string of the molecule is FC(F)=C(F)[B-](C(F)=C(F)F)(C(F)=C(F)F)C(F)=C(F)F.[Na+]. The van der Waals surface area contributed by atoms with Crippen molar-refractivity contribution in [1.29, 1.82) is 0 Å². The monoisotopic (exact) mass is 358 g/mol. The first-order valence-electron chi connectivity index (χ1n) is 4.42. The van der Waals surface area contributed by atoms with E-state index >= 15 is 0 Å². The molecule has 0 aromatic heterocycles. The minimum absolute atomic E-state index is 0. The molecular formula is C8BF12Na. The van der Waals surface area contributed by atoms with Crippen molar-refractivity contribution >= 4 is 6.15 Å². The number of halogens is 12. The van der Waals surface area contributed by atoms with E-state index in [4.69, 9.17) is 0 Å². The van der Waals surface area contributed by atoms with Crippen molar-refractivity contribution in [1.82, 2.24) is 0 Å². The van der Waals surface area contributed by atoms with Crippen molar-refractivity contribution < 1.29 is 82.2 Å². The first-order chi connectivity index (χ1) is 9.42. The van der Waals surface area contributed by atoms with Crippen molar-refractivity contribution in [3.05, 3.63) is 47.2 Å². The fraction of sp³-hybridized carbons (Fsp3) is 0. The molecule has 0 aliphatic carbocycles. The Labute approximate surface area is 136 Å². The summed E-state index contributed by atoms with van der Waals surface area (Å²) in [6, 6.07) is 0. The molecule has 0 bridgehead atoms. The molecule has 0 nitrogen and oxygen atoms in total. The predicted octanol–water partition coefficient (Wildman–Crippen LogP) is 2.91. The Morgan fingerprint density at radius 3 is 0.591 bits per heavy atom. The van der Waals surface area contributed by atoms with E-state index in [1.807, 2.05) is 0 Å². The fourth-order valence-electron chi connectivity index (χ4n) is 1.32. The van der Waals surface area contributed by atoms with Crippen LogP contribution in [0.3, 0.4) is 0 Å². The van der Waals surface area contributed by atoms with Crippen LogP contribution in [0.2, 0.25) is 0 Å². The van der Waals surface area contributed by atoms with Crippen LogP contribution in [-0.4, -0.2) is 6.15 Å². The van der Waals surface area contributed by atoms with Crippen molar-refractivity contribution in [3.63, 3.8) is 0 Å². The molecule has 0 rings (SSSR count). The van der Waals surface area contributed by atoms with Gasteiger partial charge in [-0.15, -0.1) is 0 Å². The minimum atomic E-state index is -6.57. The third-order valence-corrected chi connectivity index (χ3v) is 2.24. The Morgan fingerprint density at radius 1 is 0.364 bits per heavy atom. The summed E-state index contributed by atoms with van der Waals surface area (Å²) in [5.74, 6) is 0. The average Bonchev–Trinajstić information content (AvgIpc) is 2.37. The first-order valence-corrected chi connectivity index (χ1v) is 4.42. The Kier molecular flexibility index (Phi) is 9.30. The number of hydrogen-bond donors (Lipinski definition) is 0. The zero-order valence-electron chi connectivity index (χ0n) is 10.1. The molecule has 0 spiro atoms. The van der Waals surface area contributed by atoms with E-state index in [0.29, 0.717) is 0 Å². The maximum atomic E-state index is 13.0. The van der Waals surface area contributed by atoms with Gasteiger partial charge < -0.3 is 0 Å². The Morgan fingerprint density at radius 2 is 0.500 bits per heavy atom. The molecule has 0 saturated heterocycles. The van der Waals surface area contributed by atoms with Crippen LogP contribution in [0.4, 0.5) is 52.7 Å². The molecule has 0 aliphatic rings. The summed E-state index contributed by atoms with van der Waals surface area (Å²) in [5, 5.41) is 0. The second kappa shape index (κ2) is 8.72. The van der Waals surface area contributed by atoms with Crippen molar-refractivity contribution in [2.75, 3.05) is 0 Å². The van der Waals surface area contributed by atoms with E-state index in [1.54, 1.807) is 0 Å². The topological polar surface area (TPSA) is 0 Å². The largest absolute Gasteiger partial charge is 1.00 e. The van der Waals surface area contributed by atoms with Gasteiger partial charge in [-0.05, 0) is 0 Å². The Bertz CT molecular complexity index is 444. The van der Waals surface area contributed by atoms with Crippen LogP contribution in [0.1, 0.15) is 0 Å². The van der Waals surface area contributed by atoms with Crippen LogP contribution in [-0.2, 0) is 0 Å². The van der Waals surface area contributed by atoms with E-state index in [9.17, 15) is 52.7 Å². The van der Waals surface area contributed by atoms with Gasteiger partial charge in [0.1, 0.15) is 0 Å². The minimum Gasteiger partial charge on any atom is -0.251 e. The van der Waals surface area contributed by atoms with E-state index in [-0.39, 0.29) is 29.6 Å². The molecule has 0 radical (unpaired) electrons. The number of hydrogen-bond acceptors (Lipinski definition) is 0. The standard InChI is InChI=1S/C8BF12.Na/c10-1(5(14)15)9(2(11)6(16)17,3(12)7(18)19)4(13)8(20)21;/q-1;+1. The first kappa shape index (κ1) is 23.5. The molecule has 0 aromatic rings. The zero-order valence-corrected chi connectivity index (χ0v) is 12.1. The molecule has 0 saturated carbocycles. The molecule has 0 unspecified atom stereocenters. The van der Waals surface area contributed by atoms with Crippen LogP contribution >= 0.6 is 0 Å². The molecule has 0 heterocycles. The van der Waals surface area contributed by atoms with E-state index in [1.165, 1.54) is 0 Å². The van der Waals surface area contributed by atoms with Gasteiger partial charge in [0, 0.05) is 22.9 Å². The molecule has 0 aliphatic heterocycles. The molecule has 120 valence electrons. The van der Waals surface area contributed by atoms with Gasteiger partial charge in [0.25, 0.3) is 30.5 Å². The van der Waals surface area contributed by atoms with Gasteiger partial charge in [0.05, 0.1) is 0 Å². The molecule has 0 fully saturated rings. The van der Waals surface area contributed by atoms with Crippen molar-refractivity contribution in [2.45, 2.75) is 0 Å². The van der Waals surface area contributed by atoms with Gasteiger partial charge in [-0.3, -0.25) is 17.6 Å². The Balaban J connectivity index is 0. The van der Waals surface area contributed by atoms with Gasteiger partial charge >= 0.3 is 29.6 Å². The quantitative estimate of drug-likeness (QED) is 0.536. The van der Waals surface area contributed by atoms with Crippen LogP contribution in [0.15, 0.2) is 47.2 Å². The maximum Gasteiger partial charge on any atom is 1.00 e. The van der Waals surface area contributed by atoms with Crippen LogP contribution < -0.4 is 29.6 Å². The third-order valence-electron chi connectivity index (χ3n) is 2.24. The second-order valence-electron chi connectivity index (χ2n) is 3.30. The Hall–Kier alpha value is -0.815. The molecular weight excluding hydrogens is 358 g/mol. The normalized spacial score (nSPS) is 10.4. The molecule has 0 aromatic carbocycles. The third kappa shape index (κ3) is 4.13. The van der Waals surface area contributed by atoms with Crippen LogP contribution in [0, 0.1) is 0 Å². The van der Waals surface area contributed by atoms with Gasteiger partial charge in [0.15, 0.2) is 0 Å². The van der Waals surface area contributed by atoms with Crippen LogP contribution in [0.25, 0.3) is 0 Å². The van der Waals surface area contributed by atoms with E-state index in [0.717, 1.165) is 0 Å². The molecule has 0 N–H and O–H groups in total. The maximum absolute atomic E-state index is 13.0. The fourth-order valence-corrected chi connectivity index (χ4v) is 1.32. The summed E-state index contributed by atoms with van der Waals surface area (Å²) in [4.78, 5) is 0. The van der Waals surface area contributed by atoms with E-state index in [2.05, 4.69) is 0 Å². The molecule has 0 amide bonds. The summed E-state index contributed by atoms with van der Waals surface area (Å²) < 4.78 is 148. The average molecular weight is 358 g/mol. The summed E-state index contributed by atoms with van der Waals surface area (Å²) in [6.45, 7) is 0. The summed E-state index contributed by atoms with van der Waals surface area (Å²) >= 11 is 0. The smallest absolute Gasteiger partial charge is 0.251 e. The van der Waals surface area contributed by atoms with Gasteiger partial charge in [-0.25, -0.2) is 0 Å². The molecule has 14 heteroatoms. The summed E-state index contributed by atoms with van der Waals surface area (Å²) in [7, 11) is 0. The van der Waals surface area contributed by atoms with Gasteiger partial charge in [-0.2, -0.15) is 35.1 Å². The molecule has 22 heavy (non-hydrogen) atoms. The van der Waals surface area contributed by atoms with Gasteiger partial charge in [-0.1, -0.05) is 0 Å². The summed E-state index contributed by atoms with van der Waals surface area (Å²) in [5.41, 5.74) is -15.5. The zero-order chi connectivity index (χ0) is 17.1.